The van der Waals surface area contributed by atoms with E-state index in [1.807, 2.05) is 18.0 Å². The van der Waals surface area contributed by atoms with Crippen LogP contribution in [0.3, 0.4) is 0 Å². The molecule has 0 unspecified atom stereocenters. The number of nitrogens with zero attached hydrogens (tertiary/aromatic N) is 9. The summed E-state index contributed by atoms with van der Waals surface area (Å²) in [5, 5.41) is 4.03. The molecule has 3 atom stereocenters. The second-order valence-corrected chi connectivity index (χ2v) is 16.2. The minimum absolute atomic E-state index is 0.00654. The molecule has 0 aliphatic carbocycles. The molecule has 3 aromatic rings. The summed E-state index contributed by atoms with van der Waals surface area (Å²) in [6, 6.07) is 13.0. The number of hydrogen-bond acceptors (Lipinski definition) is 11. The van der Waals surface area contributed by atoms with Gasteiger partial charge >= 0.3 is 12.1 Å². The van der Waals surface area contributed by atoms with Crippen molar-refractivity contribution in [1.29, 1.82) is 0 Å². The van der Waals surface area contributed by atoms with Crippen LogP contribution < -0.4 is 25.8 Å². The molecule has 0 saturated carbocycles. The maximum Gasteiger partial charge on any atom is 0.343 e. The van der Waals surface area contributed by atoms with Crippen molar-refractivity contribution in [2.75, 3.05) is 80.7 Å². The van der Waals surface area contributed by atoms with Gasteiger partial charge in [0.1, 0.15) is 11.5 Å². The highest BCUT2D eigenvalue weighted by Gasteiger charge is 2.44. The Morgan fingerprint density at radius 1 is 0.793 bits per heavy atom. The highest BCUT2D eigenvalue weighted by molar-refractivity contribution is 6.22. The summed E-state index contributed by atoms with van der Waals surface area (Å²) < 4.78 is 0. The Kier molecular flexibility index (Phi) is 9.60. The number of primary amides is 1. The van der Waals surface area contributed by atoms with Crippen LogP contribution in [0.1, 0.15) is 74.6 Å². The van der Waals surface area contributed by atoms with Gasteiger partial charge in [-0.15, -0.1) is 0 Å². The number of imide groups is 2. The number of benzene rings is 2. The lowest BCUT2D eigenvalue weighted by atomic mass is 9.79. The van der Waals surface area contributed by atoms with Crippen LogP contribution in [0.5, 0.6) is 0 Å². The zero-order valence-electron chi connectivity index (χ0n) is 32.5. The lowest BCUT2D eigenvalue weighted by molar-refractivity contribution is -0.122. The lowest BCUT2D eigenvalue weighted by Gasteiger charge is -2.46. The van der Waals surface area contributed by atoms with E-state index in [2.05, 4.69) is 49.3 Å². The number of hydrogen-bond donors (Lipinski definition) is 2. The number of carbonyl (C=O) groups is 6. The van der Waals surface area contributed by atoms with Crippen molar-refractivity contribution in [3.63, 3.8) is 0 Å². The molecule has 9 rings (SSSR count). The first kappa shape index (κ1) is 37.3. The maximum atomic E-state index is 13.5. The van der Waals surface area contributed by atoms with E-state index >= 15 is 0 Å². The summed E-state index contributed by atoms with van der Waals surface area (Å²) in [4.78, 5) is 95.9. The number of fused-ring (bicyclic) bond motifs is 2. The monoisotopic (exact) mass is 789 g/mol. The average Bonchev–Trinajstić information content (AvgIpc) is 3.70. The Hall–Kier alpha value is -6.26. The molecule has 5 saturated heterocycles. The minimum Gasteiger partial charge on any atom is -0.371 e. The van der Waals surface area contributed by atoms with Crippen LogP contribution in [-0.2, 0) is 11.2 Å². The number of likely N-dealkylation sites (N-methyl/N-ethyl adjacent to an activating group) is 1. The molecule has 302 valence electrons. The number of nitrogens with two attached hydrogens (primary N) is 1. The molecule has 2 aromatic carbocycles. The van der Waals surface area contributed by atoms with Gasteiger partial charge in [-0.3, -0.25) is 24.5 Å². The number of rotatable bonds is 8. The predicted molar refractivity (Wildman–Crippen MR) is 212 cm³/mol. The minimum atomic E-state index is -0.783. The molecule has 1 aromatic heterocycles. The van der Waals surface area contributed by atoms with Gasteiger partial charge in [0.2, 0.25) is 5.91 Å². The second kappa shape index (κ2) is 14.9. The number of hydrazine groups is 1. The van der Waals surface area contributed by atoms with Gasteiger partial charge in [-0.2, -0.15) is 5.01 Å². The molecule has 58 heavy (non-hydrogen) atoms. The van der Waals surface area contributed by atoms with Gasteiger partial charge in [0, 0.05) is 83.6 Å². The molecule has 17 nitrogen and oxygen atoms in total. The highest BCUT2D eigenvalue weighted by atomic mass is 16.2. The number of anilines is 3. The van der Waals surface area contributed by atoms with E-state index in [1.54, 1.807) is 23.2 Å². The van der Waals surface area contributed by atoms with Crippen LogP contribution in [0.4, 0.5) is 26.8 Å². The molecule has 3 N–H and O–H groups in total. The Balaban J connectivity index is 0.852. The normalized spacial score (nSPS) is 23.8. The van der Waals surface area contributed by atoms with Crippen molar-refractivity contribution in [2.45, 2.75) is 44.6 Å². The fourth-order valence-electron chi connectivity index (χ4n) is 9.55. The van der Waals surface area contributed by atoms with Gasteiger partial charge in [-0.1, -0.05) is 12.1 Å². The standard InChI is InChI=1S/C41H47N11O6/c1-46-17-18-50(41(46)58)30-3-2-13-49(24-30)34-21-43-36(37(42)54)33(44-34)19-25-4-6-28(7-5-25)47-14-10-26-11-15-48(23-27(26)22-47)29-8-9-31-32(20-29)39(56)52(38(31)55)51-16-12-35(53)45-40(51)57/h4-9,20-21,26-27,30H,2-3,10-19,22-24H2,1H3,(H2,42,54)(H,45,53,57)/t26-,27-,30+/m1/s1. The Bertz CT molecular complexity index is 2200. The van der Waals surface area contributed by atoms with Crippen molar-refractivity contribution in [3.8, 4) is 0 Å². The summed E-state index contributed by atoms with van der Waals surface area (Å²) in [6.45, 7) is 6.30. The Morgan fingerprint density at radius 2 is 1.52 bits per heavy atom. The topological polar surface area (TPSA) is 189 Å². The van der Waals surface area contributed by atoms with Crippen LogP contribution in [0.15, 0.2) is 48.7 Å². The smallest absolute Gasteiger partial charge is 0.343 e. The summed E-state index contributed by atoms with van der Waals surface area (Å²) in [5.74, 6) is -0.569. The first-order valence-corrected chi connectivity index (χ1v) is 20.2. The molecule has 8 amide bonds. The lowest BCUT2D eigenvalue weighted by Crippen LogP contribution is -2.58. The number of aromatic nitrogens is 2. The molecule has 0 bridgehead atoms. The Morgan fingerprint density at radius 3 is 2.22 bits per heavy atom. The van der Waals surface area contributed by atoms with Crippen LogP contribution in [0.25, 0.3) is 0 Å². The largest absolute Gasteiger partial charge is 0.371 e. The van der Waals surface area contributed by atoms with Gasteiger partial charge in [0.25, 0.3) is 17.7 Å². The van der Waals surface area contributed by atoms with Crippen molar-refractivity contribution < 1.29 is 28.8 Å². The van der Waals surface area contributed by atoms with E-state index in [0.29, 0.717) is 36.3 Å². The Labute approximate surface area is 335 Å². The molecule has 17 heteroatoms. The summed E-state index contributed by atoms with van der Waals surface area (Å²) in [6.07, 6.45) is 5.96. The molecule has 5 fully saturated rings. The van der Waals surface area contributed by atoms with Crippen molar-refractivity contribution >= 4 is 52.9 Å². The molecule has 6 aliphatic heterocycles. The van der Waals surface area contributed by atoms with E-state index in [4.69, 9.17) is 10.7 Å². The summed E-state index contributed by atoms with van der Waals surface area (Å²) in [7, 11) is 1.83. The number of piperidine rings is 3. The van der Waals surface area contributed by atoms with E-state index < -0.39 is 29.7 Å². The number of nitrogens with one attached hydrogen (secondary N) is 1. The van der Waals surface area contributed by atoms with Gasteiger partial charge in [-0.05, 0) is 73.4 Å². The van der Waals surface area contributed by atoms with E-state index in [0.717, 1.165) is 98.5 Å². The third-order valence-corrected chi connectivity index (χ3v) is 12.8. The van der Waals surface area contributed by atoms with Crippen molar-refractivity contribution in [2.24, 2.45) is 17.6 Å². The molecule has 6 aliphatic rings. The third kappa shape index (κ3) is 6.81. The first-order chi connectivity index (χ1) is 28.0. The molecular formula is C41H47N11O6. The predicted octanol–water partition coefficient (Wildman–Crippen LogP) is 2.31. The van der Waals surface area contributed by atoms with Crippen LogP contribution >= 0.6 is 0 Å². The zero-order valence-corrected chi connectivity index (χ0v) is 32.5. The maximum absolute atomic E-state index is 13.5. The van der Waals surface area contributed by atoms with Crippen molar-refractivity contribution in [3.05, 3.63) is 76.7 Å². The molecule has 7 heterocycles. The van der Waals surface area contributed by atoms with Crippen LogP contribution in [-0.4, -0.2) is 137 Å². The fraction of sp³-hybridized carbons (Fsp3) is 0.463. The average molecular weight is 790 g/mol. The van der Waals surface area contributed by atoms with Gasteiger partial charge in [0.15, 0.2) is 0 Å². The van der Waals surface area contributed by atoms with Crippen LogP contribution in [0.2, 0.25) is 0 Å². The quantitative estimate of drug-likeness (QED) is 0.319. The molecular weight excluding hydrogens is 743 g/mol. The fourth-order valence-corrected chi connectivity index (χ4v) is 9.55. The number of amides is 8. The van der Waals surface area contributed by atoms with Gasteiger partial charge in [0.05, 0.1) is 35.6 Å². The molecule has 0 spiro atoms. The van der Waals surface area contributed by atoms with Gasteiger partial charge < -0.3 is 30.2 Å². The third-order valence-electron chi connectivity index (χ3n) is 12.8. The zero-order chi connectivity index (χ0) is 40.2. The first-order valence-electron chi connectivity index (χ1n) is 20.2. The second-order valence-electron chi connectivity index (χ2n) is 16.2. The number of urea groups is 2. The SMILES string of the molecule is CN1CCN([C@H]2CCCN(c3cnc(C(N)=O)c(Cc4ccc(N5CC[C@@H]6CCN(c7ccc8c(c7)C(=O)N(N7CCC(=O)NC7=O)C8=O)C[C@H]6C5)cc4)n3)C2)C1=O. The summed E-state index contributed by atoms with van der Waals surface area (Å²) in [5.41, 5.74) is 9.89. The molecule has 0 radical (unpaired) electrons. The van der Waals surface area contributed by atoms with E-state index in [-0.39, 0.29) is 41.9 Å². The van der Waals surface area contributed by atoms with E-state index in [1.165, 1.54) is 0 Å². The van der Waals surface area contributed by atoms with Crippen molar-refractivity contribution in [1.82, 2.24) is 35.1 Å². The summed E-state index contributed by atoms with van der Waals surface area (Å²) >= 11 is 0. The van der Waals surface area contributed by atoms with E-state index in [9.17, 15) is 28.8 Å². The highest BCUT2D eigenvalue weighted by Crippen LogP contribution is 2.37. The van der Waals surface area contributed by atoms with Crippen LogP contribution in [0, 0.1) is 11.8 Å². The number of carbonyl (C=O) groups excluding carboxylic acids is 6. The van der Waals surface area contributed by atoms with Gasteiger partial charge in [-0.25, -0.2) is 24.6 Å².